The number of rotatable bonds is 4. The lowest BCUT2D eigenvalue weighted by atomic mass is 10.00. The summed E-state index contributed by atoms with van der Waals surface area (Å²) in [5.74, 6) is -2.36. The molecule has 0 unspecified atom stereocenters. The van der Waals surface area contributed by atoms with Gasteiger partial charge >= 0.3 is 17.9 Å². The van der Waals surface area contributed by atoms with Gasteiger partial charge < -0.3 is 18.9 Å². The third kappa shape index (κ3) is 4.92. The van der Waals surface area contributed by atoms with E-state index in [-0.39, 0.29) is 0 Å². The predicted molar refractivity (Wildman–Crippen MR) is 62.4 cm³/mol. The summed E-state index contributed by atoms with van der Waals surface area (Å²) in [5.41, 5.74) is 0. The minimum absolute atomic E-state index is 0.474. The number of hydrogen-bond donors (Lipinski definition) is 0. The summed E-state index contributed by atoms with van der Waals surface area (Å²) in [4.78, 5) is 32.8. The van der Waals surface area contributed by atoms with E-state index in [1.54, 1.807) is 0 Å². The molecule has 0 spiro atoms. The molecule has 0 radical (unpaired) electrons. The van der Waals surface area contributed by atoms with Gasteiger partial charge in [0, 0.05) is 20.8 Å². The van der Waals surface area contributed by atoms with Gasteiger partial charge in [-0.25, -0.2) is 8.78 Å². The Labute approximate surface area is 119 Å². The van der Waals surface area contributed by atoms with Crippen molar-refractivity contribution in [1.82, 2.24) is 0 Å². The average Bonchev–Trinajstić information content (AvgIpc) is 2.35. The van der Waals surface area contributed by atoms with E-state index in [1.807, 2.05) is 0 Å². The second-order valence-corrected chi connectivity index (χ2v) is 4.42. The molecule has 0 N–H and O–H groups in total. The number of esters is 3. The van der Waals surface area contributed by atoms with Crippen LogP contribution in [0.3, 0.4) is 0 Å². The molecule has 0 amide bonds. The molecule has 0 aromatic carbocycles. The maximum Gasteiger partial charge on any atom is 0.303 e. The number of halogens is 2. The molecule has 7 nitrogen and oxygen atoms in total. The lowest BCUT2D eigenvalue weighted by molar-refractivity contribution is -0.259. The minimum Gasteiger partial charge on any atom is -0.463 e. The molecule has 1 rings (SSSR count). The van der Waals surface area contributed by atoms with E-state index in [2.05, 4.69) is 14.2 Å². The van der Waals surface area contributed by atoms with Gasteiger partial charge in [0.15, 0.2) is 18.4 Å². The third-order valence-electron chi connectivity index (χ3n) is 2.61. The average molecular weight is 310 g/mol. The highest BCUT2D eigenvalue weighted by molar-refractivity contribution is 5.67. The normalized spacial score (nSPS) is 32.1. The minimum atomic E-state index is -2.40. The van der Waals surface area contributed by atoms with Crippen molar-refractivity contribution in [3.63, 3.8) is 0 Å². The van der Waals surface area contributed by atoms with Crippen molar-refractivity contribution in [3.05, 3.63) is 0 Å². The van der Waals surface area contributed by atoms with E-state index in [9.17, 15) is 23.2 Å². The fourth-order valence-corrected chi connectivity index (χ4v) is 1.85. The predicted octanol–water partition coefficient (Wildman–Crippen LogP) is 0.445. The number of hydrogen-bond acceptors (Lipinski definition) is 7. The van der Waals surface area contributed by atoms with E-state index >= 15 is 0 Å². The van der Waals surface area contributed by atoms with Crippen LogP contribution in [0.2, 0.25) is 0 Å². The number of alkyl halides is 2. The molecule has 1 aliphatic heterocycles. The van der Waals surface area contributed by atoms with Crippen LogP contribution in [0.1, 0.15) is 20.8 Å². The number of carbonyl (C=O) groups is 3. The summed E-state index contributed by atoms with van der Waals surface area (Å²) >= 11 is 0. The fourth-order valence-electron chi connectivity index (χ4n) is 1.85. The van der Waals surface area contributed by atoms with Crippen LogP contribution >= 0.6 is 0 Å². The molecular formula is C12H16F2O7. The van der Waals surface area contributed by atoms with Crippen LogP contribution in [0.15, 0.2) is 0 Å². The monoisotopic (exact) mass is 310 g/mol. The van der Waals surface area contributed by atoms with Crippen LogP contribution in [-0.4, -0.2) is 55.4 Å². The first-order valence-electron chi connectivity index (χ1n) is 6.13. The SMILES string of the molecule is CC(=O)OC[C@H]1O[C@H](F)[C@@H](F)[C@@H](OC(C)=O)[C@@H]1OC(C)=O. The zero-order valence-corrected chi connectivity index (χ0v) is 11.7. The maximum atomic E-state index is 13.8. The van der Waals surface area contributed by atoms with Crippen molar-refractivity contribution >= 4 is 17.9 Å². The first kappa shape index (κ1) is 17.3. The van der Waals surface area contributed by atoms with Crippen molar-refractivity contribution in [2.75, 3.05) is 6.61 Å². The molecule has 5 atom stereocenters. The van der Waals surface area contributed by atoms with Crippen LogP contribution in [0, 0.1) is 0 Å². The lowest BCUT2D eigenvalue weighted by Crippen LogP contribution is -2.58. The molecule has 0 aliphatic carbocycles. The first-order chi connectivity index (χ1) is 9.72. The Kier molecular flexibility index (Phi) is 6.01. The maximum absolute atomic E-state index is 13.8. The molecule has 9 heteroatoms. The highest BCUT2D eigenvalue weighted by atomic mass is 19.2. The van der Waals surface area contributed by atoms with E-state index in [1.165, 1.54) is 0 Å². The van der Waals surface area contributed by atoms with E-state index in [0.29, 0.717) is 0 Å². The van der Waals surface area contributed by atoms with Gasteiger partial charge in [-0.15, -0.1) is 0 Å². The van der Waals surface area contributed by atoms with Crippen LogP contribution in [0.25, 0.3) is 0 Å². The lowest BCUT2D eigenvalue weighted by Gasteiger charge is -2.39. The molecule has 0 bridgehead atoms. The van der Waals surface area contributed by atoms with Gasteiger partial charge in [0.1, 0.15) is 12.7 Å². The Morgan fingerprint density at radius 1 is 0.952 bits per heavy atom. The van der Waals surface area contributed by atoms with Gasteiger partial charge in [-0.3, -0.25) is 14.4 Å². The van der Waals surface area contributed by atoms with E-state index in [0.717, 1.165) is 20.8 Å². The molecule has 120 valence electrons. The summed E-state index contributed by atoms with van der Waals surface area (Å²) in [6, 6.07) is 0. The van der Waals surface area contributed by atoms with E-state index in [4.69, 9.17) is 4.74 Å². The Morgan fingerprint density at radius 2 is 1.48 bits per heavy atom. The highest BCUT2D eigenvalue weighted by Crippen LogP contribution is 2.29. The van der Waals surface area contributed by atoms with Gasteiger partial charge in [-0.05, 0) is 0 Å². The van der Waals surface area contributed by atoms with Crippen molar-refractivity contribution in [1.29, 1.82) is 0 Å². The third-order valence-corrected chi connectivity index (χ3v) is 2.61. The van der Waals surface area contributed by atoms with Crippen LogP contribution in [0.4, 0.5) is 8.78 Å². The van der Waals surface area contributed by atoms with Gasteiger partial charge in [-0.2, -0.15) is 0 Å². The summed E-state index contributed by atoms with van der Waals surface area (Å²) in [6.07, 6.45) is -9.12. The Morgan fingerprint density at radius 3 is 1.95 bits per heavy atom. The summed E-state index contributed by atoms with van der Waals surface area (Å²) in [7, 11) is 0. The zero-order chi connectivity index (χ0) is 16.2. The molecule has 1 heterocycles. The Balaban J connectivity index is 2.94. The summed E-state index contributed by atoms with van der Waals surface area (Å²) in [6.45, 7) is 2.68. The second-order valence-electron chi connectivity index (χ2n) is 4.42. The molecular weight excluding hydrogens is 294 g/mol. The highest BCUT2D eigenvalue weighted by Gasteiger charge is 2.51. The second kappa shape index (κ2) is 7.30. The molecule has 1 saturated heterocycles. The smallest absolute Gasteiger partial charge is 0.303 e. The first-order valence-corrected chi connectivity index (χ1v) is 6.13. The molecule has 1 fully saturated rings. The quantitative estimate of drug-likeness (QED) is 0.550. The van der Waals surface area contributed by atoms with Crippen molar-refractivity contribution in [2.45, 2.75) is 51.6 Å². The summed E-state index contributed by atoms with van der Waals surface area (Å²) in [5, 5.41) is 0. The molecule has 1 aliphatic rings. The van der Waals surface area contributed by atoms with Crippen molar-refractivity contribution in [3.8, 4) is 0 Å². The van der Waals surface area contributed by atoms with Gasteiger partial charge in [0.25, 0.3) is 0 Å². The van der Waals surface area contributed by atoms with Gasteiger partial charge in [0.2, 0.25) is 6.36 Å². The van der Waals surface area contributed by atoms with Gasteiger partial charge in [0.05, 0.1) is 0 Å². The summed E-state index contributed by atoms with van der Waals surface area (Å²) < 4.78 is 46.1. The topological polar surface area (TPSA) is 88.1 Å². The van der Waals surface area contributed by atoms with Crippen molar-refractivity contribution < 1.29 is 42.1 Å². The molecule has 0 aromatic rings. The fraction of sp³-hybridized carbons (Fsp3) is 0.750. The number of carbonyl (C=O) groups excluding carboxylic acids is 3. The largest absolute Gasteiger partial charge is 0.463 e. The van der Waals surface area contributed by atoms with Crippen LogP contribution in [0.5, 0.6) is 0 Å². The van der Waals surface area contributed by atoms with Crippen LogP contribution < -0.4 is 0 Å². The number of ether oxygens (including phenoxy) is 4. The molecule has 21 heavy (non-hydrogen) atoms. The Bertz CT molecular complexity index is 414. The van der Waals surface area contributed by atoms with Gasteiger partial charge in [-0.1, -0.05) is 0 Å². The Hall–Kier alpha value is -1.77. The van der Waals surface area contributed by atoms with E-state index < -0.39 is 55.4 Å². The van der Waals surface area contributed by atoms with Crippen LogP contribution in [-0.2, 0) is 33.3 Å². The van der Waals surface area contributed by atoms with Crippen molar-refractivity contribution in [2.24, 2.45) is 0 Å². The zero-order valence-electron chi connectivity index (χ0n) is 11.7. The molecule has 0 saturated carbocycles. The standard InChI is InChI=1S/C12H16F2O7/c1-5(15)18-4-8-10(19-6(2)16)11(20-7(3)17)9(13)12(14)21-8/h8-12H,4H2,1-3H3/t8-,9+,10-,11-,12+/m1/s1. The molecule has 0 aromatic heterocycles.